The number of likely N-dealkylation sites (N-methyl/N-ethyl adjacent to an activating group) is 2. The molecular formula is C64H81N9O7. The van der Waals surface area contributed by atoms with Gasteiger partial charge in [0, 0.05) is 44.2 Å². The van der Waals surface area contributed by atoms with E-state index in [1.54, 1.807) is 49.9 Å². The van der Waals surface area contributed by atoms with Gasteiger partial charge in [-0.3, -0.25) is 33.6 Å². The smallest absolute Gasteiger partial charge is 0.251 e. The number of likely N-dealkylation sites (tertiary alicyclic amines) is 1. The summed E-state index contributed by atoms with van der Waals surface area (Å²) in [6.07, 6.45) is 3.00. The summed E-state index contributed by atoms with van der Waals surface area (Å²) >= 11 is 0. The molecule has 5 aromatic rings. The molecule has 1 saturated heterocycles. The molecule has 7 amide bonds. The highest BCUT2D eigenvalue weighted by atomic mass is 16.2. The quantitative estimate of drug-likeness (QED) is 0.0602. The highest BCUT2D eigenvalue weighted by Gasteiger charge is 2.47. The molecule has 16 nitrogen and oxygen atoms in total. The van der Waals surface area contributed by atoms with Crippen molar-refractivity contribution in [3.63, 3.8) is 0 Å². The number of nitrogens with zero attached hydrogens (tertiary/aromatic N) is 3. The summed E-state index contributed by atoms with van der Waals surface area (Å²) in [6.45, 7) is 15.4. The largest absolute Gasteiger partial charge is 0.347 e. The van der Waals surface area contributed by atoms with Crippen molar-refractivity contribution in [3.8, 4) is 0 Å². The number of hydrogen-bond acceptors (Lipinski definition) is 9. The van der Waals surface area contributed by atoms with E-state index in [4.69, 9.17) is 0 Å². The second-order valence-electron chi connectivity index (χ2n) is 24.2. The Kier molecular flexibility index (Phi) is 18.3. The lowest BCUT2D eigenvalue weighted by Crippen LogP contribution is -2.62. The zero-order valence-corrected chi connectivity index (χ0v) is 48.2. The molecule has 0 aromatic heterocycles. The Morgan fingerprint density at radius 1 is 0.613 bits per heavy atom. The SMILES string of the molecule is CN[C@@H](C)C(=O)N[C@H](C(=O)N1CC(NC(=O)c2ccc(CN(Cc3ccc4ccccc4c3)C(=O)[C@@H]3Cc4ccccc4CN3C(=O)[C@@H](NC(=O)[C@H](C)NC)C(C)(C)C)cc2)C[C@H]1C(=O)NC1CCCc2ccccc21)C(C)(C)C. The maximum absolute atomic E-state index is 15.5. The van der Waals surface area contributed by atoms with Gasteiger partial charge >= 0.3 is 0 Å². The number of amides is 7. The van der Waals surface area contributed by atoms with Crippen LogP contribution in [-0.2, 0) is 61.2 Å². The van der Waals surface area contributed by atoms with Gasteiger partial charge in [0.25, 0.3) is 5.91 Å². The molecule has 8 rings (SSSR count). The van der Waals surface area contributed by atoms with Crippen molar-refractivity contribution in [2.24, 2.45) is 10.8 Å². The summed E-state index contributed by atoms with van der Waals surface area (Å²) in [7, 11) is 3.36. The standard InChI is InChI=1S/C64H81N9O7/c1-39(65-9)56(74)69-54(63(3,4)5)61(79)72-37-48-22-14-13-21-47(48)33-53(72)60(78)71(36-42-28-29-43-18-11-12-20-46(43)32-42)35-41-26-30-45(31-27-41)58(76)67-49-34-52(59(77)68-51-25-17-23-44-19-15-16-24-50(44)51)73(38-49)62(80)55(64(6,7)8)70-57(75)40(2)66-10/h11-16,18-22,24,26-32,39-40,49,51-55,65-66H,17,23,25,33-38H2,1-10H3,(H,67,76)(H,68,77)(H,69,74)(H,70,75)/t39-,40-,49?,51?,52-,53-,54+,55+/m0/s1. The second kappa shape index (κ2) is 24.9. The van der Waals surface area contributed by atoms with Gasteiger partial charge in [0.05, 0.1) is 18.1 Å². The molecule has 2 unspecified atom stereocenters. The van der Waals surface area contributed by atoms with Crippen molar-refractivity contribution in [1.82, 2.24) is 46.6 Å². The van der Waals surface area contributed by atoms with E-state index < -0.39 is 64.9 Å². The lowest BCUT2D eigenvalue weighted by molar-refractivity contribution is -0.151. The van der Waals surface area contributed by atoms with Gasteiger partial charge < -0.3 is 46.6 Å². The fraction of sp³-hybridized carbons (Fsp3) is 0.453. The van der Waals surface area contributed by atoms with Gasteiger partial charge in [0.2, 0.25) is 35.4 Å². The van der Waals surface area contributed by atoms with E-state index in [0.717, 1.165) is 57.9 Å². The number of carbonyl (C=O) groups is 7. The van der Waals surface area contributed by atoms with Gasteiger partial charge in [-0.25, -0.2) is 0 Å². The van der Waals surface area contributed by atoms with E-state index in [1.165, 1.54) is 10.5 Å². The molecule has 8 atom stereocenters. The van der Waals surface area contributed by atoms with Crippen molar-refractivity contribution in [3.05, 3.63) is 154 Å². The minimum absolute atomic E-state index is 0.0426. The Hall–Kier alpha value is -7.43. The van der Waals surface area contributed by atoms with E-state index in [1.807, 2.05) is 133 Å². The number of carbonyl (C=O) groups excluding carboxylic acids is 7. The van der Waals surface area contributed by atoms with E-state index >= 15 is 9.59 Å². The molecule has 2 aliphatic heterocycles. The number of benzene rings is 5. The Balaban J connectivity index is 1.05. The zero-order valence-electron chi connectivity index (χ0n) is 48.2. The first-order valence-corrected chi connectivity index (χ1v) is 28.2. The Morgan fingerprint density at radius 2 is 1.16 bits per heavy atom. The first-order valence-electron chi connectivity index (χ1n) is 28.2. The summed E-state index contributed by atoms with van der Waals surface area (Å²) in [5.41, 5.74) is 4.69. The number of hydrogen-bond donors (Lipinski definition) is 6. The van der Waals surface area contributed by atoms with Crippen molar-refractivity contribution >= 4 is 52.1 Å². The highest BCUT2D eigenvalue weighted by Crippen LogP contribution is 2.33. The Morgan fingerprint density at radius 3 is 1.79 bits per heavy atom. The normalized spacial score (nSPS) is 19.6. The molecule has 0 spiro atoms. The maximum Gasteiger partial charge on any atom is 0.251 e. The molecule has 0 radical (unpaired) electrons. The molecule has 0 bridgehead atoms. The number of fused-ring (bicyclic) bond motifs is 3. The molecule has 1 fully saturated rings. The second-order valence-corrected chi connectivity index (χ2v) is 24.2. The molecule has 424 valence electrons. The molecule has 0 saturated carbocycles. The molecule has 80 heavy (non-hydrogen) atoms. The van der Waals surface area contributed by atoms with Crippen LogP contribution in [0.25, 0.3) is 10.8 Å². The van der Waals surface area contributed by atoms with Crippen LogP contribution in [-0.4, -0.2) is 119 Å². The van der Waals surface area contributed by atoms with Crippen LogP contribution in [0.5, 0.6) is 0 Å². The van der Waals surface area contributed by atoms with Crippen molar-refractivity contribution in [1.29, 1.82) is 0 Å². The predicted molar refractivity (Wildman–Crippen MR) is 311 cm³/mol. The highest BCUT2D eigenvalue weighted by molar-refractivity contribution is 5.97. The lowest BCUT2D eigenvalue weighted by atomic mass is 9.84. The van der Waals surface area contributed by atoms with Crippen LogP contribution in [0.4, 0.5) is 0 Å². The topological polar surface area (TPSA) is 201 Å². The van der Waals surface area contributed by atoms with Crippen LogP contribution in [0.15, 0.2) is 115 Å². The first kappa shape index (κ1) is 58.7. The van der Waals surface area contributed by atoms with Gasteiger partial charge in [-0.05, 0) is 127 Å². The molecule has 2 heterocycles. The van der Waals surface area contributed by atoms with Crippen molar-refractivity contribution < 1.29 is 33.6 Å². The molecule has 3 aliphatic rings. The van der Waals surface area contributed by atoms with Gasteiger partial charge in [-0.1, -0.05) is 139 Å². The molecule has 5 aromatic carbocycles. The molecule has 16 heteroatoms. The lowest BCUT2D eigenvalue weighted by Gasteiger charge is -2.42. The van der Waals surface area contributed by atoms with Crippen LogP contribution in [0.3, 0.4) is 0 Å². The minimum Gasteiger partial charge on any atom is -0.347 e. The fourth-order valence-corrected chi connectivity index (χ4v) is 11.2. The molecular weight excluding hydrogens is 1010 g/mol. The third-order valence-electron chi connectivity index (χ3n) is 16.3. The number of rotatable bonds is 17. The van der Waals surface area contributed by atoms with Crippen LogP contribution in [0, 0.1) is 10.8 Å². The molecule has 6 N–H and O–H groups in total. The summed E-state index contributed by atoms with van der Waals surface area (Å²) in [4.78, 5) is 106. The summed E-state index contributed by atoms with van der Waals surface area (Å²) in [6, 6.07) is 31.4. The van der Waals surface area contributed by atoms with E-state index in [0.29, 0.717) is 5.56 Å². The fourth-order valence-electron chi connectivity index (χ4n) is 11.2. The average molecular weight is 1090 g/mol. The van der Waals surface area contributed by atoms with Crippen LogP contribution in [0.2, 0.25) is 0 Å². The third-order valence-corrected chi connectivity index (χ3v) is 16.3. The van der Waals surface area contributed by atoms with Crippen LogP contribution in [0.1, 0.15) is 124 Å². The summed E-state index contributed by atoms with van der Waals surface area (Å²) in [5.74, 6) is -2.41. The predicted octanol–water partition coefficient (Wildman–Crippen LogP) is 6.49. The van der Waals surface area contributed by atoms with Crippen LogP contribution < -0.4 is 31.9 Å². The van der Waals surface area contributed by atoms with Crippen LogP contribution >= 0.6 is 0 Å². The van der Waals surface area contributed by atoms with Crippen molar-refractivity contribution in [2.45, 2.75) is 155 Å². The summed E-state index contributed by atoms with van der Waals surface area (Å²) < 4.78 is 0. The summed E-state index contributed by atoms with van der Waals surface area (Å²) in [5, 5.41) is 20.3. The van der Waals surface area contributed by atoms with Gasteiger partial charge in [0.1, 0.15) is 24.2 Å². The zero-order chi connectivity index (χ0) is 57.6. The van der Waals surface area contributed by atoms with Crippen molar-refractivity contribution in [2.75, 3.05) is 20.6 Å². The Bertz CT molecular complexity index is 3090. The molecule has 1 aliphatic carbocycles. The van der Waals surface area contributed by atoms with E-state index in [2.05, 4.69) is 44.0 Å². The number of aryl methyl sites for hydroxylation is 1. The first-order chi connectivity index (χ1) is 38.0. The minimum atomic E-state index is -0.969. The monoisotopic (exact) mass is 1090 g/mol. The van der Waals surface area contributed by atoms with Gasteiger partial charge in [0.15, 0.2) is 0 Å². The average Bonchev–Trinajstić information content (AvgIpc) is 3.88. The van der Waals surface area contributed by atoms with E-state index in [9.17, 15) is 24.0 Å². The van der Waals surface area contributed by atoms with Gasteiger partial charge in [-0.2, -0.15) is 0 Å². The maximum atomic E-state index is 15.5. The van der Waals surface area contributed by atoms with Gasteiger partial charge in [-0.15, -0.1) is 0 Å². The Labute approximate surface area is 471 Å². The third kappa shape index (κ3) is 13.6. The van der Waals surface area contributed by atoms with E-state index in [-0.39, 0.29) is 74.6 Å². The number of nitrogens with one attached hydrogen (secondary N) is 6.